The lowest BCUT2D eigenvalue weighted by Gasteiger charge is -2.40. The highest BCUT2D eigenvalue weighted by Crippen LogP contribution is 2.26. The number of hydrogen-bond donors (Lipinski definition) is 0. The molecule has 0 N–H and O–H groups in total. The fourth-order valence-electron chi connectivity index (χ4n) is 3.17. The summed E-state index contributed by atoms with van der Waals surface area (Å²) in [6.07, 6.45) is 4.58. The standard InChI is InChI=1S/C16H23N5OS/c1-4-12-14(23-11-18-12)16(22)21-9-8-20(5-2)13(10-21)15-17-6-7-19(15)3/h6-7,11,13H,4-5,8-10H2,1-3H3/t13-/m1/s1. The number of carbonyl (C=O) groups excluding carboxylic acids is 1. The topological polar surface area (TPSA) is 54.3 Å². The SMILES string of the molecule is CCc1ncsc1C(=O)N1CCN(CC)[C@@H](c2nccn2C)C1. The maximum absolute atomic E-state index is 12.9. The van der Waals surface area contributed by atoms with Crippen LogP contribution in [0, 0.1) is 0 Å². The summed E-state index contributed by atoms with van der Waals surface area (Å²) in [6.45, 7) is 7.47. The van der Waals surface area contributed by atoms with Crippen LogP contribution in [0.15, 0.2) is 17.9 Å². The number of hydrogen-bond acceptors (Lipinski definition) is 5. The molecule has 3 rings (SSSR count). The predicted molar refractivity (Wildman–Crippen MR) is 90.6 cm³/mol. The number of rotatable bonds is 4. The van der Waals surface area contributed by atoms with Crippen molar-refractivity contribution in [1.82, 2.24) is 24.3 Å². The van der Waals surface area contributed by atoms with Gasteiger partial charge >= 0.3 is 0 Å². The summed E-state index contributed by atoms with van der Waals surface area (Å²) in [6, 6.07) is 0.149. The molecule has 0 unspecified atom stereocenters. The number of thiazole rings is 1. The van der Waals surface area contributed by atoms with Crippen LogP contribution in [0.5, 0.6) is 0 Å². The zero-order valence-electron chi connectivity index (χ0n) is 13.9. The summed E-state index contributed by atoms with van der Waals surface area (Å²) in [7, 11) is 2.01. The van der Waals surface area contributed by atoms with Gasteiger partial charge in [0.1, 0.15) is 10.7 Å². The van der Waals surface area contributed by atoms with Crippen LogP contribution in [0.3, 0.4) is 0 Å². The largest absolute Gasteiger partial charge is 0.337 e. The first kappa shape index (κ1) is 16.1. The monoisotopic (exact) mass is 333 g/mol. The van der Waals surface area contributed by atoms with Crippen LogP contribution in [0.25, 0.3) is 0 Å². The number of amides is 1. The normalized spacial score (nSPS) is 19.3. The third-order valence-electron chi connectivity index (χ3n) is 4.51. The van der Waals surface area contributed by atoms with Crippen LogP contribution in [-0.4, -0.2) is 56.4 Å². The smallest absolute Gasteiger partial charge is 0.265 e. The maximum Gasteiger partial charge on any atom is 0.265 e. The van der Waals surface area contributed by atoms with Crippen molar-refractivity contribution in [2.24, 2.45) is 7.05 Å². The molecule has 0 spiro atoms. The average Bonchev–Trinajstić information content (AvgIpc) is 3.22. The summed E-state index contributed by atoms with van der Waals surface area (Å²) in [5.74, 6) is 1.13. The van der Waals surface area contributed by atoms with Crippen molar-refractivity contribution in [3.63, 3.8) is 0 Å². The number of carbonyl (C=O) groups is 1. The fraction of sp³-hybridized carbons (Fsp3) is 0.562. The van der Waals surface area contributed by atoms with Crippen molar-refractivity contribution >= 4 is 17.2 Å². The lowest BCUT2D eigenvalue weighted by molar-refractivity contribution is 0.0476. The molecule has 1 aliphatic heterocycles. The molecule has 1 atom stereocenters. The third-order valence-corrected chi connectivity index (χ3v) is 5.37. The zero-order chi connectivity index (χ0) is 16.4. The first-order chi connectivity index (χ1) is 11.2. The molecular weight excluding hydrogens is 310 g/mol. The molecule has 2 aromatic heterocycles. The number of likely N-dealkylation sites (N-methyl/N-ethyl adjacent to an activating group) is 1. The van der Waals surface area contributed by atoms with E-state index in [0.717, 1.165) is 42.5 Å². The van der Waals surface area contributed by atoms with Gasteiger partial charge in [0.2, 0.25) is 0 Å². The summed E-state index contributed by atoms with van der Waals surface area (Å²) < 4.78 is 2.05. The molecule has 2 aromatic rings. The van der Waals surface area contributed by atoms with Crippen molar-refractivity contribution in [3.05, 3.63) is 34.3 Å². The number of imidazole rings is 1. The van der Waals surface area contributed by atoms with Gasteiger partial charge in [0.05, 0.1) is 17.2 Å². The lowest BCUT2D eigenvalue weighted by Crippen LogP contribution is -2.50. The van der Waals surface area contributed by atoms with Gasteiger partial charge in [0, 0.05) is 39.1 Å². The first-order valence-corrected chi connectivity index (χ1v) is 8.96. The minimum Gasteiger partial charge on any atom is -0.337 e. The van der Waals surface area contributed by atoms with Crippen LogP contribution in [-0.2, 0) is 13.5 Å². The van der Waals surface area contributed by atoms with E-state index in [9.17, 15) is 4.79 Å². The Morgan fingerprint density at radius 2 is 2.17 bits per heavy atom. The van der Waals surface area contributed by atoms with E-state index >= 15 is 0 Å². The van der Waals surface area contributed by atoms with E-state index < -0.39 is 0 Å². The Labute approximate surface area is 140 Å². The Hall–Kier alpha value is -1.73. The van der Waals surface area contributed by atoms with Crippen LogP contribution < -0.4 is 0 Å². The van der Waals surface area contributed by atoms with Gasteiger partial charge in [0.25, 0.3) is 5.91 Å². The summed E-state index contributed by atoms with van der Waals surface area (Å²) in [4.78, 5) is 26.8. The molecule has 1 fully saturated rings. The molecule has 124 valence electrons. The van der Waals surface area contributed by atoms with E-state index in [1.165, 1.54) is 11.3 Å². The second-order valence-corrected chi connectivity index (χ2v) is 6.63. The van der Waals surface area contributed by atoms with E-state index in [-0.39, 0.29) is 11.9 Å². The van der Waals surface area contributed by atoms with E-state index in [0.29, 0.717) is 6.54 Å². The highest BCUT2D eigenvalue weighted by atomic mass is 32.1. The Morgan fingerprint density at radius 3 is 2.83 bits per heavy atom. The molecule has 0 saturated carbocycles. The van der Waals surface area contributed by atoms with Crippen molar-refractivity contribution in [2.75, 3.05) is 26.2 Å². The molecule has 0 radical (unpaired) electrons. The highest BCUT2D eigenvalue weighted by molar-refractivity contribution is 7.11. The Kier molecular flexibility index (Phi) is 4.77. The van der Waals surface area contributed by atoms with Crippen LogP contribution in [0.1, 0.15) is 41.1 Å². The van der Waals surface area contributed by atoms with Gasteiger partial charge in [-0.25, -0.2) is 9.97 Å². The molecule has 1 aliphatic rings. The van der Waals surface area contributed by atoms with Crippen molar-refractivity contribution in [1.29, 1.82) is 0 Å². The van der Waals surface area contributed by atoms with Crippen LogP contribution >= 0.6 is 11.3 Å². The van der Waals surface area contributed by atoms with Gasteiger partial charge in [-0.3, -0.25) is 9.69 Å². The number of nitrogens with zero attached hydrogens (tertiary/aromatic N) is 5. The summed E-state index contributed by atoms with van der Waals surface area (Å²) in [5.41, 5.74) is 2.68. The second-order valence-electron chi connectivity index (χ2n) is 5.77. The van der Waals surface area contributed by atoms with Gasteiger partial charge in [-0.05, 0) is 13.0 Å². The predicted octanol–water partition coefficient (Wildman–Crippen LogP) is 1.96. The minimum atomic E-state index is 0.110. The minimum absolute atomic E-state index is 0.110. The van der Waals surface area contributed by atoms with Gasteiger partial charge in [-0.2, -0.15) is 0 Å². The number of piperazine rings is 1. The summed E-state index contributed by atoms with van der Waals surface area (Å²) in [5, 5.41) is 0. The Morgan fingerprint density at radius 1 is 1.35 bits per heavy atom. The molecule has 0 aromatic carbocycles. The molecule has 23 heavy (non-hydrogen) atoms. The second kappa shape index (κ2) is 6.80. The Bertz CT molecular complexity index is 680. The van der Waals surface area contributed by atoms with Crippen LogP contribution in [0.2, 0.25) is 0 Å². The van der Waals surface area contributed by atoms with E-state index in [4.69, 9.17) is 0 Å². The van der Waals surface area contributed by atoms with Gasteiger partial charge in [-0.1, -0.05) is 13.8 Å². The molecule has 0 bridgehead atoms. The summed E-state index contributed by atoms with van der Waals surface area (Å²) >= 11 is 1.45. The zero-order valence-corrected chi connectivity index (χ0v) is 14.7. The van der Waals surface area contributed by atoms with Gasteiger partial charge in [-0.15, -0.1) is 11.3 Å². The van der Waals surface area contributed by atoms with E-state index in [1.54, 1.807) is 5.51 Å². The lowest BCUT2D eigenvalue weighted by atomic mass is 10.1. The molecule has 0 aliphatic carbocycles. The number of aryl methyl sites for hydroxylation is 2. The van der Waals surface area contributed by atoms with Crippen molar-refractivity contribution in [2.45, 2.75) is 26.3 Å². The fourth-order valence-corrected chi connectivity index (χ4v) is 4.01. The first-order valence-electron chi connectivity index (χ1n) is 8.08. The number of aromatic nitrogens is 3. The van der Waals surface area contributed by atoms with Crippen LogP contribution in [0.4, 0.5) is 0 Å². The van der Waals surface area contributed by atoms with Crippen molar-refractivity contribution in [3.8, 4) is 0 Å². The van der Waals surface area contributed by atoms with Gasteiger partial charge < -0.3 is 9.47 Å². The molecule has 3 heterocycles. The third kappa shape index (κ3) is 3.03. The molecule has 1 amide bonds. The molecule has 7 heteroatoms. The quantitative estimate of drug-likeness (QED) is 0.858. The molecule has 1 saturated heterocycles. The molecular formula is C16H23N5OS. The van der Waals surface area contributed by atoms with E-state index in [2.05, 4.69) is 21.8 Å². The van der Waals surface area contributed by atoms with Gasteiger partial charge in [0.15, 0.2) is 0 Å². The van der Waals surface area contributed by atoms with Crippen molar-refractivity contribution < 1.29 is 4.79 Å². The molecule has 6 nitrogen and oxygen atoms in total. The highest BCUT2D eigenvalue weighted by Gasteiger charge is 2.33. The van der Waals surface area contributed by atoms with E-state index in [1.807, 2.05) is 35.8 Å². The maximum atomic E-state index is 12.9. The average molecular weight is 333 g/mol. The Balaban J connectivity index is 1.83.